The minimum Gasteiger partial charge on any atom is -0.0654 e. The van der Waals surface area contributed by atoms with Crippen molar-refractivity contribution in [3.8, 4) is 0 Å². The minimum absolute atomic E-state index is 1.02. The summed E-state index contributed by atoms with van der Waals surface area (Å²) in [5.41, 5.74) is 0. The summed E-state index contributed by atoms with van der Waals surface area (Å²) in [6.07, 6.45) is 36.2. The summed E-state index contributed by atoms with van der Waals surface area (Å²) >= 11 is 0. The predicted molar refractivity (Wildman–Crippen MR) is 136 cm³/mol. The highest BCUT2D eigenvalue weighted by Crippen LogP contribution is 2.24. The van der Waals surface area contributed by atoms with Gasteiger partial charge in [0.15, 0.2) is 0 Å². The second-order valence-electron chi connectivity index (χ2n) is 9.80. The highest BCUT2D eigenvalue weighted by molar-refractivity contribution is 4.62. The van der Waals surface area contributed by atoms with Crippen molar-refractivity contribution in [3.63, 3.8) is 0 Å². The van der Waals surface area contributed by atoms with Crippen molar-refractivity contribution >= 4 is 0 Å². The first kappa shape index (κ1) is 29.0. The standard InChI is InChI=1S/C29H59/c1-4-7-10-13-15-17-19-21-24-27-29(26-23-12-9-6-3)28-25-22-20-18-16-14-11-8-5-2/h29H,3-28H2,1-2H3. The molecule has 1 radical (unpaired) electrons. The summed E-state index contributed by atoms with van der Waals surface area (Å²) < 4.78 is 0. The Bertz CT molecular complexity index is 247. The lowest BCUT2D eigenvalue weighted by atomic mass is 9.89. The van der Waals surface area contributed by atoms with Crippen molar-refractivity contribution in [3.05, 3.63) is 6.92 Å². The van der Waals surface area contributed by atoms with Gasteiger partial charge in [-0.25, -0.2) is 0 Å². The van der Waals surface area contributed by atoms with Crippen molar-refractivity contribution < 1.29 is 0 Å². The first-order valence-corrected chi connectivity index (χ1v) is 14.1. The monoisotopic (exact) mass is 407 g/mol. The number of rotatable bonds is 25. The van der Waals surface area contributed by atoms with Crippen molar-refractivity contribution in [2.45, 2.75) is 174 Å². The molecule has 0 aromatic heterocycles. The second kappa shape index (κ2) is 26.0. The molecule has 0 aromatic rings. The molecule has 0 rings (SSSR count). The first-order valence-electron chi connectivity index (χ1n) is 14.1. The van der Waals surface area contributed by atoms with E-state index in [2.05, 4.69) is 20.8 Å². The van der Waals surface area contributed by atoms with Crippen LogP contribution >= 0.6 is 0 Å². The van der Waals surface area contributed by atoms with E-state index in [0.29, 0.717) is 0 Å². The van der Waals surface area contributed by atoms with Gasteiger partial charge < -0.3 is 0 Å². The summed E-state index contributed by atoms with van der Waals surface area (Å²) in [5, 5.41) is 0. The number of unbranched alkanes of at least 4 members (excludes halogenated alkanes) is 19. The molecule has 0 saturated heterocycles. The molecule has 0 aliphatic heterocycles. The molecule has 0 aliphatic rings. The second-order valence-corrected chi connectivity index (χ2v) is 9.80. The van der Waals surface area contributed by atoms with Crippen LogP contribution < -0.4 is 0 Å². The van der Waals surface area contributed by atoms with Gasteiger partial charge in [-0.3, -0.25) is 0 Å². The Hall–Kier alpha value is 0. The van der Waals surface area contributed by atoms with Gasteiger partial charge in [-0.1, -0.05) is 181 Å². The molecule has 0 heterocycles. The summed E-state index contributed by atoms with van der Waals surface area (Å²) in [6, 6.07) is 0. The lowest BCUT2D eigenvalue weighted by Gasteiger charge is -2.17. The van der Waals surface area contributed by atoms with Gasteiger partial charge >= 0.3 is 0 Å². The van der Waals surface area contributed by atoms with Gasteiger partial charge in [0, 0.05) is 0 Å². The predicted octanol–water partition coefficient (Wildman–Crippen LogP) is 11.2. The van der Waals surface area contributed by atoms with E-state index in [-0.39, 0.29) is 0 Å². The highest BCUT2D eigenvalue weighted by Gasteiger charge is 2.08. The van der Waals surface area contributed by atoms with E-state index < -0.39 is 0 Å². The molecule has 29 heavy (non-hydrogen) atoms. The number of hydrogen-bond acceptors (Lipinski definition) is 0. The maximum atomic E-state index is 4.01. The number of hydrogen-bond donors (Lipinski definition) is 0. The van der Waals surface area contributed by atoms with E-state index in [1.807, 2.05) is 0 Å². The molecule has 0 saturated carbocycles. The van der Waals surface area contributed by atoms with Gasteiger partial charge in [0.1, 0.15) is 0 Å². The van der Waals surface area contributed by atoms with E-state index in [1.54, 1.807) is 0 Å². The van der Waals surface area contributed by atoms with Crippen LogP contribution in [0.25, 0.3) is 0 Å². The molecule has 0 atom stereocenters. The third-order valence-electron chi connectivity index (χ3n) is 6.79. The molecule has 0 spiro atoms. The Morgan fingerprint density at radius 2 is 0.655 bits per heavy atom. The van der Waals surface area contributed by atoms with E-state index in [4.69, 9.17) is 0 Å². The topological polar surface area (TPSA) is 0 Å². The fourth-order valence-electron chi connectivity index (χ4n) is 4.71. The van der Waals surface area contributed by atoms with Crippen LogP contribution in [0, 0.1) is 12.8 Å². The smallest absolute Gasteiger partial charge is 0.0414 e. The molecular formula is C29H59. The SMILES string of the molecule is [CH2]CCCCCC(CCCCCCCCCCC)CCCCCCCCCCC. The average Bonchev–Trinajstić information content (AvgIpc) is 2.73. The maximum Gasteiger partial charge on any atom is -0.0414 e. The lowest BCUT2D eigenvalue weighted by Crippen LogP contribution is -2.01. The van der Waals surface area contributed by atoms with Gasteiger partial charge in [0.2, 0.25) is 0 Å². The molecule has 175 valence electrons. The Morgan fingerprint density at radius 3 is 0.966 bits per heavy atom. The van der Waals surface area contributed by atoms with E-state index in [1.165, 1.54) is 154 Å². The van der Waals surface area contributed by atoms with Gasteiger partial charge in [0.05, 0.1) is 0 Å². The van der Waals surface area contributed by atoms with Crippen molar-refractivity contribution in [2.24, 2.45) is 5.92 Å². The Labute approximate surface area is 187 Å². The Balaban J connectivity index is 3.69. The van der Waals surface area contributed by atoms with Crippen molar-refractivity contribution in [1.29, 1.82) is 0 Å². The molecule has 0 heteroatoms. The van der Waals surface area contributed by atoms with E-state index >= 15 is 0 Å². The summed E-state index contributed by atoms with van der Waals surface area (Å²) in [4.78, 5) is 0. The fraction of sp³-hybridized carbons (Fsp3) is 0.966. The highest BCUT2D eigenvalue weighted by atomic mass is 14.1. The summed E-state index contributed by atoms with van der Waals surface area (Å²) in [6.45, 7) is 8.62. The lowest BCUT2D eigenvalue weighted by molar-refractivity contribution is 0.366. The van der Waals surface area contributed by atoms with Gasteiger partial charge in [-0.05, 0) is 5.92 Å². The van der Waals surface area contributed by atoms with Crippen molar-refractivity contribution in [1.82, 2.24) is 0 Å². The zero-order valence-electron chi connectivity index (χ0n) is 21.0. The zero-order chi connectivity index (χ0) is 21.3. The van der Waals surface area contributed by atoms with E-state index in [9.17, 15) is 0 Å². The van der Waals surface area contributed by atoms with Crippen LogP contribution in [-0.2, 0) is 0 Å². The normalized spacial score (nSPS) is 11.6. The Kier molecular flexibility index (Phi) is 26.0. The summed E-state index contributed by atoms with van der Waals surface area (Å²) in [7, 11) is 0. The van der Waals surface area contributed by atoms with Crippen LogP contribution in [0.1, 0.15) is 174 Å². The maximum absolute atomic E-state index is 4.01. The van der Waals surface area contributed by atoms with Crippen LogP contribution in [0.5, 0.6) is 0 Å². The minimum atomic E-state index is 1.02. The third-order valence-corrected chi connectivity index (χ3v) is 6.79. The third kappa shape index (κ3) is 24.1. The zero-order valence-corrected chi connectivity index (χ0v) is 21.0. The molecule has 0 N–H and O–H groups in total. The Morgan fingerprint density at radius 1 is 0.379 bits per heavy atom. The van der Waals surface area contributed by atoms with Gasteiger partial charge in [-0.2, -0.15) is 0 Å². The molecule has 0 nitrogen and oxygen atoms in total. The average molecular weight is 408 g/mol. The van der Waals surface area contributed by atoms with Crippen LogP contribution in [-0.4, -0.2) is 0 Å². The molecule has 0 unspecified atom stereocenters. The van der Waals surface area contributed by atoms with Crippen LogP contribution in [0.4, 0.5) is 0 Å². The van der Waals surface area contributed by atoms with Crippen LogP contribution in [0.15, 0.2) is 0 Å². The molecule has 0 amide bonds. The van der Waals surface area contributed by atoms with Gasteiger partial charge in [0.25, 0.3) is 0 Å². The first-order chi connectivity index (χ1) is 14.3. The van der Waals surface area contributed by atoms with Crippen LogP contribution in [0.2, 0.25) is 0 Å². The molecule has 0 aliphatic carbocycles. The van der Waals surface area contributed by atoms with Gasteiger partial charge in [-0.15, -0.1) is 0 Å². The molecule has 0 fully saturated rings. The molecule has 0 bridgehead atoms. The van der Waals surface area contributed by atoms with E-state index in [0.717, 1.165) is 12.3 Å². The molecular weight excluding hydrogens is 348 g/mol. The molecule has 0 aromatic carbocycles. The van der Waals surface area contributed by atoms with Crippen molar-refractivity contribution in [2.75, 3.05) is 0 Å². The quantitative estimate of drug-likeness (QED) is 0.132. The largest absolute Gasteiger partial charge is 0.0654 e. The fourth-order valence-corrected chi connectivity index (χ4v) is 4.71. The van der Waals surface area contributed by atoms with Crippen LogP contribution in [0.3, 0.4) is 0 Å². The summed E-state index contributed by atoms with van der Waals surface area (Å²) in [5.74, 6) is 1.02.